The normalized spacial score (nSPS) is 11.8. The highest BCUT2D eigenvalue weighted by Gasteiger charge is 2.01. The number of hydrogen-bond acceptors (Lipinski definition) is 2. The molecule has 0 aliphatic heterocycles. The van der Waals surface area contributed by atoms with E-state index in [9.17, 15) is 0 Å². The molecule has 0 aliphatic rings. The van der Waals surface area contributed by atoms with Crippen molar-refractivity contribution in [1.29, 1.82) is 0 Å². The zero-order valence-electron chi connectivity index (χ0n) is 8.21. The van der Waals surface area contributed by atoms with Crippen LogP contribution in [0.15, 0.2) is 4.99 Å². The van der Waals surface area contributed by atoms with Gasteiger partial charge in [0.05, 0.1) is 0 Å². The number of aromatic nitrogens is 1. The lowest BCUT2D eigenvalue weighted by Crippen LogP contribution is -2.20. The second-order valence-electron chi connectivity index (χ2n) is 2.75. The van der Waals surface area contributed by atoms with Crippen LogP contribution in [0, 0.1) is 13.8 Å². The smallest absolute Gasteiger partial charge is 0.195 e. The lowest BCUT2D eigenvalue weighted by Gasteiger charge is -1.96. The minimum atomic E-state index is 0.525. The molecule has 0 bridgehead atoms. The van der Waals surface area contributed by atoms with E-state index >= 15 is 0 Å². The predicted octanol–water partition coefficient (Wildman–Crippen LogP) is 1.11. The summed E-state index contributed by atoms with van der Waals surface area (Å²) in [7, 11) is 3.77. The van der Waals surface area contributed by atoms with Crippen LogP contribution in [-0.4, -0.2) is 16.7 Å². The van der Waals surface area contributed by atoms with Crippen LogP contribution in [0.1, 0.15) is 10.6 Å². The lowest BCUT2D eigenvalue weighted by atomic mass is 10.4. The van der Waals surface area contributed by atoms with Crippen LogP contribution in [0.5, 0.6) is 0 Å². The third kappa shape index (κ3) is 2.16. The molecular weight excluding hydrogens is 202 g/mol. The van der Waals surface area contributed by atoms with Gasteiger partial charge in [0, 0.05) is 24.7 Å². The van der Waals surface area contributed by atoms with Gasteiger partial charge in [-0.05, 0) is 26.1 Å². The summed E-state index contributed by atoms with van der Waals surface area (Å²) in [6.07, 6.45) is 0. The van der Waals surface area contributed by atoms with Gasteiger partial charge in [-0.15, -0.1) is 11.3 Å². The van der Waals surface area contributed by atoms with Gasteiger partial charge in [0.2, 0.25) is 0 Å². The average Bonchev–Trinajstić information content (AvgIpc) is 2.34. The highest BCUT2D eigenvalue weighted by Crippen LogP contribution is 2.07. The maximum atomic E-state index is 4.96. The number of rotatable bonds is 0. The first kappa shape index (κ1) is 10.4. The number of aryl methyl sites for hydroxylation is 1. The third-order valence-corrected chi connectivity index (χ3v) is 3.40. The van der Waals surface area contributed by atoms with Crippen molar-refractivity contribution >= 4 is 28.7 Å². The second-order valence-corrected chi connectivity index (χ2v) is 4.32. The standard InChI is InChI=1S/C8H13N3S2/c1-5-6(2)13-8(11(5)4)10-7(12)9-3/h1-4H3,(H,9,12). The SMILES string of the molecule is CNC(=S)N=c1sc(C)c(C)n1C. The predicted molar refractivity (Wildman–Crippen MR) is 60.0 cm³/mol. The minimum Gasteiger partial charge on any atom is -0.364 e. The van der Waals surface area contributed by atoms with Gasteiger partial charge in [0.15, 0.2) is 9.91 Å². The zero-order chi connectivity index (χ0) is 10.0. The summed E-state index contributed by atoms with van der Waals surface area (Å²) in [6.45, 7) is 4.16. The molecule has 1 heterocycles. The maximum absolute atomic E-state index is 4.96. The van der Waals surface area contributed by atoms with Crippen LogP contribution in [0.25, 0.3) is 0 Å². The number of hydrogen-bond donors (Lipinski definition) is 1. The molecule has 1 rings (SSSR count). The van der Waals surface area contributed by atoms with Crippen LogP contribution in [0.2, 0.25) is 0 Å². The van der Waals surface area contributed by atoms with E-state index in [1.54, 1.807) is 18.4 Å². The fraction of sp³-hybridized carbons (Fsp3) is 0.500. The van der Waals surface area contributed by atoms with Gasteiger partial charge in [0.1, 0.15) is 0 Å². The van der Waals surface area contributed by atoms with E-state index in [4.69, 9.17) is 12.2 Å². The van der Waals surface area contributed by atoms with Crippen LogP contribution < -0.4 is 10.1 Å². The van der Waals surface area contributed by atoms with Gasteiger partial charge in [-0.25, -0.2) is 0 Å². The summed E-state index contributed by atoms with van der Waals surface area (Å²) in [4.78, 5) is 6.48. The molecule has 0 unspecified atom stereocenters. The Morgan fingerprint density at radius 2 is 2.15 bits per heavy atom. The minimum absolute atomic E-state index is 0.525. The van der Waals surface area contributed by atoms with Crippen LogP contribution in [0.3, 0.4) is 0 Å². The van der Waals surface area contributed by atoms with Crippen molar-refractivity contribution in [2.24, 2.45) is 12.0 Å². The molecule has 0 atom stereocenters. The second kappa shape index (κ2) is 4.02. The monoisotopic (exact) mass is 215 g/mol. The molecule has 0 aromatic carbocycles. The molecule has 0 radical (unpaired) electrons. The molecule has 1 N–H and O–H groups in total. The first-order chi connectivity index (χ1) is 6.06. The molecule has 0 aliphatic carbocycles. The Hall–Kier alpha value is -0.680. The Bertz CT molecular complexity index is 387. The fourth-order valence-corrected chi connectivity index (χ4v) is 2.01. The summed E-state index contributed by atoms with van der Waals surface area (Å²) in [6, 6.07) is 0. The molecule has 0 saturated heterocycles. The van der Waals surface area contributed by atoms with Crippen molar-refractivity contribution in [3.63, 3.8) is 0 Å². The third-order valence-electron chi connectivity index (χ3n) is 1.95. The Labute approximate surface area is 87.1 Å². The van der Waals surface area contributed by atoms with E-state index in [0.717, 1.165) is 4.80 Å². The average molecular weight is 215 g/mol. The Balaban J connectivity index is 3.23. The van der Waals surface area contributed by atoms with Crippen LogP contribution in [0.4, 0.5) is 0 Å². The highest BCUT2D eigenvalue weighted by molar-refractivity contribution is 7.80. The maximum Gasteiger partial charge on any atom is 0.195 e. The van der Waals surface area contributed by atoms with Crippen molar-refractivity contribution in [1.82, 2.24) is 9.88 Å². The number of nitrogens with zero attached hydrogens (tertiary/aromatic N) is 2. The first-order valence-corrected chi connectivity index (χ1v) is 5.18. The van der Waals surface area contributed by atoms with Gasteiger partial charge >= 0.3 is 0 Å². The van der Waals surface area contributed by atoms with Crippen LogP contribution in [-0.2, 0) is 7.05 Å². The Morgan fingerprint density at radius 3 is 2.54 bits per heavy atom. The van der Waals surface area contributed by atoms with Gasteiger partial charge in [0.25, 0.3) is 0 Å². The van der Waals surface area contributed by atoms with Crippen molar-refractivity contribution in [2.75, 3.05) is 7.05 Å². The summed E-state index contributed by atoms with van der Waals surface area (Å²) >= 11 is 6.62. The zero-order valence-corrected chi connectivity index (χ0v) is 9.84. The van der Waals surface area contributed by atoms with Crippen molar-refractivity contribution in [3.8, 4) is 0 Å². The number of thiazole rings is 1. The van der Waals surface area contributed by atoms with E-state index in [0.29, 0.717) is 5.11 Å². The van der Waals surface area contributed by atoms with E-state index in [-0.39, 0.29) is 0 Å². The Morgan fingerprint density at radius 1 is 1.54 bits per heavy atom. The topological polar surface area (TPSA) is 29.3 Å². The summed E-state index contributed by atoms with van der Waals surface area (Å²) in [5.41, 5.74) is 1.24. The van der Waals surface area contributed by atoms with Crippen molar-refractivity contribution in [3.05, 3.63) is 15.4 Å². The molecule has 3 nitrogen and oxygen atoms in total. The molecule has 0 saturated carbocycles. The molecule has 0 amide bonds. The van der Waals surface area contributed by atoms with E-state index < -0.39 is 0 Å². The molecular formula is C8H13N3S2. The van der Waals surface area contributed by atoms with Gasteiger partial charge < -0.3 is 9.88 Å². The summed E-state index contributed by atoms with van der Waals surface area (Å²) in [5.74, 6) is 0. The van der Waals surface area contributed by atoms with Gasteiger partial charge in [-0.2, -0.15) is 4.99 Å². The largest absolute Gasteiger partial charge is 0.364 e. The van der Waals surface area contributed by atoms with Gasteiger partial charge in [-0.3, -0.25) is 0 Å². The van der Waals surface area contributed by atoms with Gasteiger partial charge in [-0.1, -0.05) is 0 Å². The molecule has 13 heavy (non-hydrogen) atoms. The molecule has 0 spiro atoms. The molecule has 5 heteroatoms. The fourth-order valence-electron chi connectivity index (χ4n) is 0.899. The summed E-state index contributed by atoms with van der Waals surface area (Å²) in [5, 5.41) is 3.35. The number of thiocarbonyl (C=S) groups is 1. The Kier molecular flexibility index (Phi) is 3.22. The van der Waals surface area contributed by atoms with Crippen molar-refractivity contribution < 1.29 is 0 Å². The molecule has 0 fully saturated rings. The number of nitrogens with one attached hydrogen (secondary N) is 1. The molecule has 72 valence electrons. The summed E-state index contributed by atoms with van der Waals surface area (Å²) < 4.78 is 2.05. The van der Waals surface area contributed by atoms with Crippen molar-refractivity contribution in [2.45, 2.75) is 13.8 Å². The van der Waals surface area contributed by atoms with E-state index in [2.05, 4.69) is 24.2 Å². The van der Waals surface area contributed by atoms with Crippen LogP contribution >= 0.6 is 23.6 Å². The quantitative estimate of drug-likeness (QED) is 0.657. The lowest BCUT2D eigenvalue weighted by molar-refractivity contribution is 0.831. The van der Waals surface area contributed by atoms with E-state index in [1.165, 1.54) is 10.6 Å². The van der Waals surface area contributed by atoms with E-state index in [1.807, 2.05) is 11.6 Å². The molecule has 1 aromatic rings. The first-order valence-electron chi connectivity index (χ1n) is 3.95. The molecule has 1 aromatic heterocycles. The highest BCUT2D eigenvalue weighted by atomic mass is 32.1.